The van der Waals surface area contributed by atoms with E-state index in [0.29, 0.717) is 11.3 Å². The SMILES string of the molecule is Cc1oc(CN2CCOCC2)cc1C(=O)NC1(c2ccccc2)CCCC1. The molecule has 1 aliphatic carbocycles. The van der Waals surface area contributed by atoms with Crippen molar-refractivity contribution in [3.8, 4) is 0 Å². The van der Waals surface area contributed by atoms with Gasteiger partial charge in [0.25, 0.3) is 5.91 Å². The topological polar surface area (TPSA) is 54.7 Å². The molecule has 2 fully saturated rings. The number of benzene rings is 1. The van der Waals surface area contributed by atoms with Gasteiger partial charge in [0.1, 0.15) is 11.5 Å². The summed E-state index contributed by atoms with van der Waals surface area (Å²) in [6, 6.07) is 12.3. The van der Waals surface area contributed by atoms with Crippen molar-refractivity contribution < 1.29 is 13.9 Å². The quantitative estimate of drug-likeness (QED) is 0.876. The smallest absolute Gasteiger partial charge is 0.255 e. The maximum Gasteiger partial charge on any atom is 0.255 e. The van der Waals surface area contributed by atoms with Crippen molar-refractivity contribution in [2.24, 2.45) is 0 Å². The summed E-state index contributed by atoms with van der Waals surface area (Å²) in [6.07, 6.45) is 4.25. The van der Waals surface area contributed by atoms with Crippen LogP contribution in [-0.2, 0) is 16.8 Å². The van der Waals surface area contributed by atoms with E-state index in [1.807, 2.05) is 31.2 Å². The molecular formula is C22H28N2O3. The van der Waals surface area contributed by atoms with Gasteiger partial charge in [-0.2, -0.15) is 0 Å². The van der Waals surface area contributed by atoms with Crippen molar-refractivity contribution in [1.82, 2.24) is 10.2 Å². The van der Waals surface area contributed by atoms with Crippen molar-refractivity contribution in [3.63, 3.8) is 0 Å². The number of nitrogens with one attached hydrogen (secondary N) is 1. The van der Waals surface area contributed by atoms with E-state index in [1.165, 1.54) is 5.56 Å². The maximum absolute atomic E-state index is 13.1. The zero-order valence-electron chi connectivity index (χ0n) is 16.0. The number of aryl methyl sites for hydroxylation is 1. The number of rotatable bonds is 5. The summed E-state index contributed by atoms with van der Waals surface area (Å²) in [4.78, 5) is 15.4. The van der Waals surface area contributed by atoms with Crippen molar-refractivity contribution in [2.45, 2.75) is 44.7 Å². The van der Waals surface area contributed by atoms with Gasteiger partial charge in [-0.3, -0.25) is 9.69 Å². The third-order valence-electron chi connectivity index (χ3n) is 5.83. The molecule has 0 radical (unpaired) electrons. The molecule has 1 aromatic carbocycles. The number of furan rings is 1. The lowest BCUT2D eigenvalue weighted by atomic mass is 9.88. The molecule has 5 nitrogen and oxygen atoms in total. The standard InChI is InChI=1S/C22H28N2O3/c1-17-20(15-19(27-17)16-24-11-13-26-14-12-24)21(25)23-22(9-5-6-10-22)18-7-3-2-4-8-18/h2-4,7-8,15H,5-6,9-14,16H2,1H3,(H,23,25). The van der Waals surface area contributed by atoms with Crippen molar-refractivity contribution in [3.05, 3.63) is 59.0 Å². The summed E-state index contributed by atoms with van der Waals surface area (Å²) in [7, 11) is 0. The number of carbonyl (C=O) groups excluding carboxylic acids is 1. The highest BCUT2D eigenvalue weighted by molar-refractivity contribution is 5.95. The molecule has 144 valence electrons. The van der Waals surface area contributed by atoms with E-state index in [1.54, 1.807) is 0 Å². The summed E-state index contributed by atoms with van der Waals surface area (Å²) in [6.45, 7) is 5.92. The number of ether oxygens (including phenoxy) is 1. The van der Waals surface area contributed by atoms with Crippen LogP contribution in [0.4, 0.5) is 0 Å². The Morgan fingerprint density at radius 3 is 2.56 bits per heavy atom. The van der Waals surface area contributed by atoms with Crippen molar-refractivity contribution in [1.29, 1.82) is 0 Å². The number of hydrogen-bond donors (Lipinski definition) is 1. The highest BCUT2D eigenvalue weighted by Crippen LogP contribution is 2.39. The first-order chi connectivity index (χ1) is 13.2. The molecule has 2 heterocycles. The summed E-state index contributed by atoms with van der Waals surface area (Å²) < 4.78 is 11.3. The normalized spacial score (nSPS) is 19.9. The number of carbonyl (C=O) groups is 1. The van der Waals surface area contributed by atoms with E-state index in [0.717, 1.165) is 64.3 Å². The minimum atomic E-state index is -0.258. The van der Waals surface area contributed by atoms with E-state index in [9.17, 15) is 4.79 Å². The van der Waals surface area contributed by atoms with E-state index in [-0.39, 0.29) is 11.4 Å². The fourth-order valence-electron chi connectivity index (χ4n) is 4.33. The Morgan fingerprint density at radius 1 is 1.15 bits per heavy atom. The number of morpholine rings is 1. The number of hydrogen-bond acceptors (Lipinski definition) is 4. The molecule has 2 aromatic rings. The van der Waals surface area contributed by atoms with Crippen LogP contribution in [0.15, 0.2) is 40.8 Å². The maximum atomic E-state index is 13.1. The van der Waals surface area contributed by atoms with Gasteiger partial charge in [-0.25, -0.2) is 0 Å². The summed E-state index contributed by atoms with van der Waals surface area (Å²) in [5, 5.41) is 3.35. The fraction of sp³-hybridized carbons (Fsp3) is 0.500. The lowest BCUT2D eigenvalue weighted by Crippen LogP contribution is -2.43. The van der Waals surface area contributed by atoms with Crippen LogP contribution in [0, 0.1) is 6.92 Å². The molecule has 0 atom stereocenters. The Hall–Kier alpha value is -2.11. The predicted molar refractivity (Wildman–Crippen MR) is 104 cm³/mol. The second-order valence-corrected chi connectivity index (χ2v) is 7.68. The third-order valence-corrected chi connectivity index (χ3v) is 5.83. The van der Waals surface area contributed by atoms with Gasteiger partial charge < -0.3 is 14.5 Å². The Labute approximate surface area is 160 Å². The molecule has 0 bridgehead atoms. The molecule has 0 unspecified atom stereocenters. The van der Waals surface area contributed by atoms with Crippen molar-refractivity contribution in [2.75, 3.05) is 26.3 Å². The van der Waals surface area contributed by atoms with Crippen LogP contribution in [0.5, 0.6) is 0 Å². The minimum absolute atomic E-state index is 0.0322. The van der Waals surface area contributed by atoms with Gasteiger partial charge in [-0.05, 0) is 31.4 Å². The first kappa shape index (κ1) is 18.3. The summed E-state index contributed by atoms with van der Waals surface area (Å²) >= 11 is 0. The highest BCUT2D eigenvalue weighted by atomic mass is 16.5. The van der Waals surface area contributed by atoms with Gasteiger partial charge in [0.15, 0.2) is 0 Å². The molecule has 2 aliphatic rings. The molecule has 1 N–H and O–H groups in total. The molecule has 27 heavy (non-hydrogen) atoms. The first-order valence-corrected chi connectivity index (χ1v) is 9.94. The predicted octanol–water partition coefficient (Wildman–Crippen LogP) is 3.62. The molecule has 1 aromatic heterocycles. The average molecular weight is 368 g/mol. The van der Waals surface area contributed by atoms with E-state index < -0.39 is 0 Å². The Balaban J connectivity index is 1.50. The minimum Gasteiger partial charge on any atom is -0.464 e. The van der Waals surface area contributed by atoms with Crippen LogP contribution < -0.4 is 5.32 Å². The zero-order valence-corrected chi connectivity index (χ0v) is 16.0. The first-order valence-electron chi connectivity index (χ1n) is 9.94. The van der Waals surface area contributed by atoms with Crippen LogP contribution in [0.25, 0.3) is 0 Å². The van der Waals surface area contributed by atoms with Crippen LogP contribution in [0.1, 0.15) is 53.1 Å². The van der Waals surface area contributed by atoms with E-state index in [4.69, 9.17) is 9.15 Å². The molecule has 1 saturated heterocycles. The average Bonchev–Trinajstić information content (AvgIpc) is 3.31. The van der Waals surface area contributed by atoms with Crippen LogP contribution in [0.3, 0.4) is 0 Å². The van der Waals surface area contributed by atoms with E-state index in [2.05, 4.69) is 22.3 Å². The Morgan fingerprint density at radius 2 is 1.85 bits per heavy atom. The van der Waals surface area contributed by atoms with Gasteiger partial charge in [-0.1, -0.05) is 43.2 Å². The monoisotopic (exact) mass is 368 g/mol. The molecular weight excluding hydrogens is 340 g/mol. The lowest BCUT2D eigenvalue weighted by Gasteiger charge is -2.31. The molecule has 0 spiro atoms. The third kappa shape index (κ3) is 3.94. The van der Waals surface area contributed by atoms with Crippen LogP contribution in [-0.4, -0.2) is 37.1 Å². The van der Waals surface area contributed by atoms with Gasteiger partial charge in [-0.15, -0.1) is 0 Å². The van der Waals surface area contributed by atoms with Gasteiger partial charge in [0.2, 0.25) is 0 Å². The van der Waals surface area contributed by atoms with Gasteiger partial charge >= 0.3 is 0 Å². The summed E-state index contributed by atoms with van der Waals surface area (Å²) in [5.74, 6) is 1.51. The second-order valence-electron chi connectivity index (χ2n) is 7.68. The number of nitrogens with zero attached hydrogens (tertiary/aromatic N) is 1. The molecule has 4 rings (SSSR count). The zero-order chi connectivity index (χ0) is 18.7. The summed E-state index contributed by atoms with van der Waals surface area (Å²) in [5.41, 5.74) is 1.60. The van der Waals surface area contributed by atoms with Gasteiger partial charge in [0, 0.05) is 13.1 Å². The Bertz CT molecular complexity index is 772. The molecule has 1 aliphatic heterocycles. The van der Waals surface area contributed by atoms with Gasteiger partial charge in [0.05, 0.1) is 30.9 Å². The highest BCUT2D eigenvalue weighted by Gasteiger charge is 2.37. The van der Waals surface area contributed by atoms with Crippen LogP contribution in [0.2, 0.25) is 0 Å². The van der Waals surface area contributed by atoms with Crippen LogP contribution >= 0.6 is 0 Å². The number of amides is 1. The second kappa shape index (κ2) is 7.87. The Kier molecular flexibility index (Phi) is 5.32. The molecule has 1 amide bonds. The fourth-order valence-corrected chi connectivity index (χ4v) is 4.33. The molecule has 1 saturated carbocycles. The largest absolute Gasteiger partial charge is 0.464 e. The van der Waals surface area contributed by atoms with E-state index >= 15 is 0 Å². The lowest BCUT2D eigenvalue weighted by molar-refractivity contribution is 0.0312. The van der Waals surface area contributed by atoms with Crippen molar-refractivity contribution >= 4 is 5.91 Å². The molecule has 5 heteroatoms.